The third-order valence-corrected chi connectivity index (χ3v) is 7.13. The van der Waals surface area contributed by atoms with E-state index in [0.717, 1.165) is 58.6 Å². The number of carbonyl (C=O) groups is 1. The van der Waals surface area contributed by atoms with Gasteiger partial charge < -0.3 is 14.4 Å². The molecule has 3 heterocycles. The molecule has 4 rings (SSSR count). The van der Waals surface area contributed by atoms with Crippen molar-refractivity contribution < 1.29 is 14.3 Å². The number of benzene rings is 1. The molecule has 0 bridgehead atoms. The summed E-state index contributed by atoms with van der Waals surface area (Å²) in [6, 6.07) is 7.96. The highest BCUT2D eigenvalue weighted by molar-refractivity contribution is 7.99. The number of piperidine rings is 1. The van der Waals surface area contributed by atoms with E-state index in [1.54, 1.807) is 31.5 Å². The van der Waals surface area contributed by atoms with Crippen LogP contribution >= 0.6 is 23.1 Å². The first-order valence-corrected chi connectivity index (χ1v) is 12.9. The molecule has 1 aliphatic heterocycles. The number of nitrogens with zero attached hydrogens (tertiary/aromatic N) is 4. The summed E-state index contributed by atoms with van der Waals surface area (Å²) in [4.78, 5) is 28.8. The fraction of sp³-hybridized carbons (Fsp3) is 0.417. The molecule has 33 heavy (non-hydrogen) atoms. The Bertz CT molecular complexity index is 1060. The van der Waals surface area contributed by atoms with Gasteiger partial charge in [0.25, 0.3) is 0 Å². The van der Waals surface area contributed by atoms with Gasteiger partial charge in [0.2, 0.25) is 5.91 Å². The number of rotatable bonds is 9. The van der Waals surface area contributed by atoms with Gasteiger partial charge in [-0.15, -0.1) is 11.3 Å². The van der Waals surface area contributed by atoms with Crippen LogP contribution in [0.4, 0.5) is 0 Å². The second-order valence-corrected chi connectivity index (χ2v) is 9.64. The molecule has 3 aromatic rings. The van der Waals surface area contributed by atoms with E-state index in [-0.39, 0.29) is 11.8 Å². The molecule has 174 valence electrons. The fourth-order valence-corrected chi connectivity index (χ4v) is 5.29. The first-order chi connectivity index (χ1) is 16.2. The largest absolute Gasteiger partial charge is 0.497 e. The summed E-state index contributed by atoms with van der Waals surface area (Å²) >= 11 is 3.10. The number of aromatic nitrogens is 3. The van der Waals surface area contributed by atoms with Gasteiger partial charge in [-0.3, -0.25) is 4.79 Å². The predicted molar refractivity (Wildman–Crippen MR) is 131 cm³/mol. The number of carbonyl (C=O) groups excluding carboxylic acids is 1. The zero-order chi connectivity index (χ0) is 23.0. The number of ether oxygens (including phenoxy) is 2. The van der Waals surface area contributed by atoms with Crippen molar-refractivity contribution in [3.63, 3.8) is 0 Å². The van der Waals surface area contributed by atoms with Crippen molar-refractivity contribution >= 4 is 29.0 Å². The Morgan fingerprint density at radius 2 is 2.21 bits per heavy atom. The average molecular weight is 485 g/mol. The van der Waals surface area contributed by atoms with Crippen molar-refractivity contribution in [1.29, 1.82) is 0 Å². The molecule has 1 atom stereocenters. The van der Waals surface area contributed by atoms with Crippen molar-refractivity contribution in [2.24, 2.45) is 0 Å². The van der Waals surface area contributed by atoms with Gasteiger partial charge in [0, 0.05) is 49.0 Å². The number of thioether (sulfide) groups is 1. The van der Waals surface area contributed by atoms with E-state index in [0.29, 0.717) is 19.6 Å². The number of hydrogen-bond acceptors (Lipinski definition) is 8. The van der Waals surface area contributed by atoms with Crippen LogP contribution in [0.5, 0.6) is 5.75 Å². The minimum atomic E-state index is 0.122. The summed E-state index contributed by atoms with van der Waals surface area (Å²) in [5.74, 6) is 1.85. The van der Waals surface area contributed by atoms with Gasteiger partial charge in [-0.1, -0.05) is 23.9 Å². The first-order valence-electron chi connectivity index (χ1n) is 11.0. The third kappa shape index (κ3) is 6.10. The molecule has 0 saturated carbocycles. The second-order valence-electron chi connectivity index (χ2n) is 7.86. The number of amides is 1. The van der Waals surface area contributed by atoms with E-state index in [9.17, 15) is 4.79 Å². The smallest absolute Gasteiger partial charge is 0.228 e. The number of likely N-dealkylation sites (tertiary alicyclic amines) is 1. The van der Waals surface area contributed by atoms with Gasteiger partial charge in [0.1, 0.15) is 5.75 Å². The summed E-state index contributed by atoms with van der Waals surface area (Å²) in [5.41, 5.74) is 5.60. The van der Waals surface area contributed by atoms with Gasteiger partial charge in [0.05, 0.1) is 37.0 Å². The van der Waals surface area contributed by atoms with Crippen molar-refractivity contribution in [3.8, 4) is 16.9 Å². The summed E-state index contributed by atoms with van der Waals surface area (Å²) in [7, 11) is 3.36. The molecular formula is C24H28N4O3S2. The Morgan fingerprint density at radius 3 is 3.00 bits per heavy atom. The maximum atomic E-state index is 12.9. The lowest BCUT2D eigenvalue weighted by atomic mass is 9.89. The Hall–Kier alpha value is -2.49. The Kier molecular flexibility index (Phi) is 8.30. The molecule has 1 saturated heterocycles. The van der Waals surface area contributed by atoms with E-state index in [4.69, 9.17) is 14.5 Å². The van der Waals surface area contributed by atoms with Gasteiger partial charge in [-0.05, 0) is 30.5 Å². The average Bonchev–Trinajstić information content (AvgIpc) is 3.37. The van der Waals surface area contributed by atoms with Crippen molar-refractivity contribution in [3.05, 3.63) is 52.7 Å². The zero-order valence-electron chi connectivity index (χ0n) is 18.9. The molecule has 1 aromatic carbocycles. The Morgan fingerprint density at radius 1 is 1.30 bits per heavy atom. The molecule has 0 aliphatic carbocycles. The molecule has 0 spiro atoms. The monoisotopic (exact) mass is 484 g/mol. The third-order valence-electron chi connectivity index (χ3n) is 5.67. The molecule has 1 aliphatic rings. The number of methoxy groups -OCH3 is 2. The minimum Gasteiger partial charge on any atom is -0.497 e. The minimum absolute atomic E-state index is 0.122. The standard InChI is InChI=1S/C24H28N4O3S2/c1-30-9-10-33-24-25-13-21(17-5-3-7-20(11-17)31-2)23(27-24)18-6-4-8-28(14-18)22(29)12-19-15-32-16-26-19/h3,5,7,11,13,15-16,18H,4,6,8-10,12,14H2,1-2H3. The van der Waals surface area contributed by atoms with E-state index < -0.39 is 0 Å². The summed E-state index contributed by atoms with van der Waals surface area (Å²) in [5, 5.41) is 2.67. The van der Waals surface area contributed by atoms with Gasteiger partial charge in [-0.2, -0.15) is 0 Å². The molecule has 1 fully saturated rings. The maximum Gasteiger partial charge on any atom is 0.228 e. The predicted octanol–water partition coefficient (Wildman–Crippen LogP) is 4.30. The lowest BCUT2D eigenvalue weighted by molar-refractivity contribution is -0.131. The quantitative estimate of drug-likeness (QED) is 0.255. The Labute approximate surface area is 202 Å². The van der Waals surface area contributed by atoms with Crippen LogP contribution < -0.4 is 4.74 Å². The van der Waals surface area contributed by atoms with Crippen LogP contribution in [-0.4, -0.2) is 65.4 Å². The van der Waals surface area contributed by atoms with Crippen LogP contribution in [0, 0.1) is 0 Å². The molecule has 0 N–H and O–H groups in total. The van der Waals surface area contributed by atoms with E-state index >= 15 is 0 Å². The van der Waals surface area contributed by atoms with Crippen molar-refractivity contribution in [2.75, 3.05) is 39.7 Å². The highest BCUT2D eigenvalue weighted by Gasteiger charge is 2.28. The lowest BCUT2D eigenvalue weighted by Crippen LogP contribution is -2.40. The van der Waals surface area contributed by atoms with Crippen LogP contribution in [0.25, 0.3) is 11.1 Å². The topological polar surface area (TPSA) is 77.4 Å². The molecule has 2 aromatic heterocycles. The molecule has 9 heteroatoms. The first kappa shape index (κ1) is 23.7. The molecule has 1 unspecified atom stereocenters. The van der Waals surface area contributed by atoms with Crippen LogP contribution in [0.1, 0.15) is 30.1 Å². The van der Waals surface area contributed by atoms with Gasteiger partial charge in [0.15, 0.2) is 5.16 Å². The number of thiazole rings is 1. The highest BCUT2D eigenvalue weighted by atomic mass is 32.2. The maximum absolute atomic E-state index is 12.9. The summed E-state index contributed by atoms with van der Waals surface area (Å²) in [6.45, 7) is 2.07. The van der Waals surface area contributed by atoms with E-state index in [2.05, 4.69) is 16.0 Å². The van der Waals surface area contributed by atoms with Crippen LogP contribution in [0.2, 0.25) is 0 Å². The molecule has 1 amide bonds. The van der Waals surface area contributed by atoms with Crippen LogP contribution in [0.3, 0.4) is 0 Å². The summed E-state index contributed by atoms with van der Waals surface area (Å²) < 4.78 is 10.6. The van der Waals surface area contributed by atoms with Crippen molar-refractivity contribution in [1.82, 2.24) is 19.9 Å². The van der Waals surface area contributed by atoms with Gasteiger partial charge in [-0.25, -0.2) is 15.0 Å². The molecule has 0 radical (unpaired) electrons. The zero-order valence-corrected chi connectivity index (χ0v) is 20.5. The molecular weight excluding hydrogens is 456 g/mol. The normalized spacial score (nSPS) is 16.1. The Balaban J connectivity index is 1.61. The van der Waals surface area contributed by atoms with Crippen molar-refractivity contribution in [2.45, 2.75) is 30.3 Å². The second kappa shape index (κ2) is 11.6. The van der Waals surface area contributed by atoms with E-state index in [1.807, 2.05) is 34.7 Å². The number of hydrogen-bond donors (Lipinski definition) is 0. The van der Waals surface area contributed by atoms with E-state index in [1.165, 1.54) is 11.3 Å². The van der Waals surface area contributed by atoms with Gasteiger partial charge >= 0.3 is 0 Å². The van der Waals surface area contributed by atoms with Crippen LogP contribution in [0.15, 0.2) is 46.5 Å². The summed E-state index contributed by atoms with van der Waals surface area (Å²) in [6.07, 6.45) is 4.18. The fourth-order valence-electron chi connectivity index (χ4n) is 4.01. The SMILES string of the molecule is COCCSc1ncc(-c2cccc(OC)c2)c(C2CCCN(C(=O)Cc3cscn3)C2)n1. The lowest BCUT2D eigenvalue weighted by Gasteiger charge is -2.33. The molecule has 7 nitrogen and oxygen atoms in total. The van der Waals surface area contributed by atoms with Crippen LogP contribution in [-0.2, 0) is 16.0 Å². The highest BCUT2D eigenvalue weighted by Crippen LogP contribution is 2.35.